The van der Waals surface area contributed by atoms with Crippen molar-refractivity contribution in [1.82, 2.24) is 20.8 Å². The molecule has 27 heavy (non-hydrogen) atoms. The number of para-hydroxylation sites is 1. The number of carbonyl (C=O) groups is 1. The molecule has 0 saturated heterocycles. The summed E-state index contributed by atoms with van der Waals surface area (Å²) in [5.74, 6) is 0.411. The van der Waals surface area contributed by atoms with E-state index in [2.05, 4.69) is 32.9 Å². The zero-order valence-electron chi connectivity index (χ0n) is 14.7. The SMILES string of the molecule is O=C(NCCCNCc1c[nH]c2ccccc12)c1cc(-c2cccs2)on1. The Morgan fingerprint density at radius 3 is 3.00 bits per heavy atom. The molecule has 4 aromatic rings. The molecule has 1 amide bonds. The lowest BCUT2D eigenvalue weighted by molar-refractivity contribution is 0.0944. The summed E-state index contributed by atoms with van der Waals surface area (Å²) in [5, 5.41) is 13.3. The molecule has 3 N–H and O–H groups in total. The van der Waals surface area contributed by atoms with Crippen molar-refractivity contribution in [2.24, 2.45) is 0 Å². The van der Waals surface area contributed by atoms with E-state index < -0.39 is 0 Å². The molecular formula is C20H20N4O2S. The number of aromatic nitrogens is 2. The van der Waals surface area contributed by atoms with Crippen LogP contribution >= 0.6 is 11.3 Å². The van der Waals surface area contributed by atoms with Crippen LogP contribution in [0.15, 0.2) is 58.6 Å². The summed E-state index contributed by atoms with van der Waals surface area (Å²) < 4.78 is 5.24. The molecule has 0 unspecified atom stereocenters. The van der Waals surface area contributed by atoms with Gasteiger partial charge in [0.1, 0.15) is 0 Å². The van der Waals surface area contributed by atoms with Gasteiger partial charge in [0.25, 0.3) is 5.91 Å². The molecule has 0 spiro atoms. The molecule has 0 radical (unpaired) electrons. The maximum absolute atomic E-state index is 12.1. The second-order valence-corrected chi connectivity index (χ2v) is 7.15. The Kier molecular flexibility index (Phi) is 5.32. The van der Waals surface area contributed by atoms with E-state index in [1.54, 1.807) is 17.4 Å². The molecule has 6 nitrogen and oxygen atoms in total. The molecule has 0 fully saturated rings. The van der Waals surface area contributed by atoms with Crippen LogP contribution in [0.1, 0.15) is 22.5 Å². The van der Waals surface area contributed by atoms with Gasteiger partial charge in [-0.05, 0) is 36.0 Å². The summed E-state index contributed by atoms with van der Waals surface area (Å²) in [5.41, 5.74) is 2.71. The standard InChI is InChI=1S/C20H20N4O2S/c25-20(17-11-18(26-24-17)19-7-3-10-27-19)22-9-4-8-21-12-14-13-23-16-6-2-1-5-15(14)16/h1-3,5-7,10-11,13,21,23H,4,8-9,12H2,(H,22,25). The van der Waals surface area contributed by atoms with E-state index in [1.807, 2.05) is 35.8 Å². The normalized spacial score (nSPS) is 11.1. The lowest BCUT2D eigenvalue weighted by atomic mass is 10.2. The zero-order valence-corrected chi connectivity index (χ0v) is 15.5. The molecule has 0 aliphatic heterocycles. The van der Waals surface area contributed by atoms with Crippen molar-refractivity contribution < 1.29 is 9.32 Å². The highest BCUT2D eigenvalue weighted by atomic mass is 32.1. The number of fused-ring (bicyclic) bond motifs is 1. The summed E-state index contributed by atoms with van der Waals surface area (Å²) in [6.07, 6.45) is 2.87. The maximum atomic E-state index is 12.1. The van der Waals surface area contributed by atoms with Crippen molar-refractivity contribution in [3.05, 3.63) is 65.3 Å². The largest absolute Gasteiger partial charge is 0.361 e. The summed E-state index contributed by atoms with van der Waals surface area (Å²) in [6.45, 7) is 2.20. The van der Waals surface area contributed by atoms with Gasteiger partial charge in [-0.15, -0.1) is 11.3 Å². The second-order valence-electron chi connectivity index (χ2n) is 6.20. The van der Waals surface area contributed by atoms with Crippen LogP contribution in [0.4, 0.5) is 0 Å². The van der Waals surface area contributed by atoms with Crippen LogP contribution in [0.2, 0.25) is 0 Å². The Labute approximate surface area is 160 Å². The van der Waals surface area contributed by atoms with Gasteiger partial charge < -0.3 is 20.1 Å². The van der Waals surface area contributed by atoms with Crippen molar-refractivity contribution in [2.45, 2.75) is 13.0 Å². The highest BCUT2D eigenvalue weighted by molar-refractivity contribution is 7.13. The molecule has 3 heterocycles. The summed E-state index contributed by atoms with van der Waals surface area (Å²) in [6, 6.07) is 13.8. The van der Waals surface area contributed by atoms with Crippen LogP contribution in [0.5, 0.6) is 0 Å². The first-order valence-electron chi connectivity index (χ1n) is 8.86. The Morgan fingerprint density at radius 2 is 2.11 bits per heavy atom. The molecule has 0 atom stereocenters. The fourth-order valence-corrected chi connectivity index (χ4v) is 3.60. The average Bonchev–Trinajstić information content (AvgIpc) is 3.44. The van der Waals surface area contributed by atoms with Gasteiger partial charge in [-0.1, -0.05) is 29.4 Å². The van der Waals surface area contributed by atoms with E-state index in [-0.39, 0.29) is 5.91 Å². The van der Waals surface area contributed by atoms with Gasteiger partial charge in [-0.25, -0.2) is 0 Å². The van der Waals surface area contributed by atoms with Crippen molar-refractivity contribution in [1.29, 1.82) is 0 Å². The second kappa shape index (κ2) is 8.20. The first-order chi connectivity index (χ1) is 13.3. The minimum Gasteiger partial charge on any atom is -0.361 e. The van der Waals surface area contributed by atoms with Crippen LogP contribution in [-0.2, 0) is 6.54 Å². The van der Waals surface area contributed by atoms with Gasteiger partial charge in [0.15, 0.2) is 11.5 Å². The van der Waals surface area contributed by atoms with Crippen molar-refractivity contribution in [2.75, 3.05) is 13.1 Å². The van der Waals surface area contributed by atoms with Crippen LogP contribution in [0.25, 0.3) is 21.5 Å². The predicted molar refractivity (Wildman–Crippen MR) is 107 cm³/mol. The van der Waals surface area contributed by atoms with Gasteiger partial charge in [0.2, 0.25) is 0 Å². The maximum Gasteiger partial charge on any atom is 0.273 e. The van der Waals surface area contributed by atoms with Crippen molar-refractivity contribution in [3.63, 3.8) is 0 Å². The van der Waals surface area contributed by atoms with Gasteiger partial charge in [0.05, 0.1) is 4.88 Å². The van der Waals surface area contributed by atoms with E-state index in [0.717, 1.165) is 29.9 Å². The highest BCUT2D eigenvalue weighted by Gasteiger charge is 2.13. The minimum absolute atomic E-state index is 0.210. The Balaban J connectivity index is 1.18. The van der Waals surface area contributed by atoms with Gasteiger partial charge in [-0.3, -0.25) is 4.79 Å². The predicted octanol–water partition coefficient (Wildman–Crippen LogP) is 3.79. The highest BCUT2D eigenvalue weighted by Crippen LogP contribution is 2.25. The molecule has 0 aliphatic rings. The number of carbonyl (C=O) groups excluding carboxylic acids is 1. The van der Waals surface area contributed by atoms with Crippen LogP contribution in [0, 0.1) is 0 Å². The fraction of sp³-hybridized carbons (Fsp3) is 0.200. The van der Waals surface area contributed by atoms with E-state index >= 15 is 0 Å². The number of thiophene rings is 1. The zero-order chi connectivity index (χ0) is 18.5. The number of rotatable bonds is 8. The Hall–Kier alpha value is -2.90. The first-order valence-corrected chi connectivity index (χ1v) is 9.74. The third-order valence-electron chi connectivity index (χ3n) is 4.31. The third-order valence-corrected chi connectivity index (χ3v) is 5.20. The van der Waals surface area contributed by atoms with Gasteiger partial charge >= 0.3 is 0 Å². The van der Waals surface area contributed by atoms with E-state index in [1.165, 1.54) is 10.9 Å². The molecule has 138 valence electrons. The number of benzene rings is 1. The summed E-state index contributed by atoms with van der Waals surface area (Å²) in [4.78, 5) is 16.4. The number of aromatic amines is 1. The van der Waals surface area contributed by atoms with Crippen molar-refractivity contribution >= 4 is 28.1 Å². The lowest BCUT2D eigenvalue weighted by Crippen LogP contribution is -2.27. The van der Waals surface area contributed by atoms with Crippen LogP contribution in [0.3, 0.4) is 0 Å². The van der Waals surface area contributed by atoms with E-state index in [9.17, 15) is 4.79 Å². The first kappa shape index (κ1) is 17.5. The minimum atomic E-state index is -0.210. The molecule has 0 bridgehead atoms. The van der Waals surface area contributed by atoms with Crippen molar-refractivity contribution in [3.8, 4) is 10.6 Å². The number of nitrogens with zero attached hydrogens (tertiary/aromatic N) is 1. The van der Waals surface area contributed by atoms with E-state index in [0.29, 0.717) is 18.0 Å². The quantitative estimate of drug-likeness (QED) is 0.406. The Bertz CT molecular complexity index is 1020. The molecule has 1 aromatic carbocycles. The van der Waals surface area contributed by atoms with Crippen LogP contribution < -0.4 is 10.6 Å². The molecule has 7 heteroatoms. The van der Waals surface area contributed by atoms with Gasteiger partial charge in [0, 0.05) is 36.3 Å². The average molecular weight is 380 g/mol. The monoisotopic (exact) mass is 380 g/mol. The number of hydrogen-bond acceptors (Lipinski definition) is 5. The molecule has 3 aromatic heterocycles. The van der Waals surface area contributed by atoms with Crippen LogP contribution in [-0.4, -0.2) is 29.1 Å². The third kappa shape index (κ3) is 4.10. The smallest absolute Gasteiger partial charge is 0.273 e. The molecular weight excluding hydrogens is 360 g/mol. The number of nitrogens with one attached hydrogen (secondary N) is 3. The number of hydrogen-bond donors (Lipinski definition) is 3. The number of amides is 1. The summed E-state index contributed by atoms with van der Waals surface area (Å²) in [7, 11) is 0. The molecule has 4 rings (SSSR count). The fourth-order valence-electron chi connectivity index (χ4n) is 2.92. The lowest BCUT2D eigenvalue weighted by Gasteiger charge is -2.05. The van der Waals surface area contributed by atoms with Gasteiger partial charge in [-0.2, -0.15) is 0 Å². The van der Waals surface area contributed by atoms with E-state index in [4.69, 9.17) is 4.52 Å². The number of H-pyrrole nitrogens is 1. The summed E-state index contributed by atoms with van der Waals surface area (Å²) >= 11 is 1.55. The Morgan fingerprint density at radius 1 is 1.19 bits per heavy atom. The molecule has 0 aliphatic carbocycles. The topological polar surface area (TPSA) is 83.0 Å². The molecule has 0 saturated carbocycles.